The highest BCUT2D eigenvalue weighted by molar-refractivity contribution is 5.90. The van der Waals surface area contributed by atoms with Gasteiger partial charge in [0.1, 0.15) is 5.39 Å². The molecule has 0 amide bonds. The highest BCUT2D eigenvalue weighted by atomic mass is 16.7. The summed E-state index contributed by atoms with van der Waals surface area (Å²) in [5, 5.41) is 0.455. The van der Waals surface area contributed by atoms with E-state index in [-0.39, 0.29) is 18.0 Å². The van der Waals surface area contributed by atoms with Crippen molar-refractivity contribution in [2.75, 3.05) is 6.79 Å². The molecule has 1 aromatic carbocycles. The highest BCUT2D eigenvalue weighted by Gasteiger charge is 2.21. The third-order valence-electron chi connectivity index (χ3n) is 4.09. The van der Waals surface area contributed by atoms with Gasteiger partial charge >= 0.3 is 5.69 Å². The van der Waals surface area contributed by atoms with E-state index in [2.05, 4.69) is 4.98 Å². The van der Waals surface area contributed by atoms with Crippen molar-refractivity contribution in [2.45, 2.75) is 0 Å². The first-order valence-electron chi connectivity index (χ1n) is 7.08. The molecule has 4 rings (SSSR count). The van der Waals surface area contributed by atoms with Gasteiger partial charge in [-0.05, 0) is 23.8 Å². The molecule has 1 N–H and O–H groups in total. The van der Waals surface area contributed by atoms with Crippen molar-refractivity contribution >= 4 is 11.0 Å². The summed E-state index contributed by atoms with van der Waals surface area (Å²) in [5.74, 6) is 1.32. The van der Waals surface area contributed by atoms with Crippen LogP contribution in [-0.2, 0) is 14.1 Å². The van der Waals surface area contributed by atoms with Crippen LogP contribution >= 0.6 is 0 Å². The maximum Gasteiger partial charge on any atom is 0.417 e. The fourth-order valence-electron chi connectivity index (χ4n) is 2.85. The van der Waals surface area contributed by atoms with Crippen LogP contribution < -0.4 is 25.7 Å². The summed E-state index contributed by atoms with van der Waals surface area (Å²) in [6.07, 6.45) is 1.71. The van der Waals surface area contributed by atoms with Gasteiger partial charge in [0.2, 0.25) is 6.79 Å². The SMILES string of the molecule is Cn1c(=O)c2c(-c3ccc4c(c3)OCO4)cc[nH+]c2n(C)c1=O. The zero-order valence-corrected chi connectivity index (χ0v) is 12.6. The molecule has 116 valence electrons. The molecule has 7 nitrogen and oxygen atoms in total. The second-order valence-electron chi connectivity index (χ2n) is 5.39. The molecular formula is C16H14N3O4+. The third kappa shape index (κ3) is 1.86. The number of aromatic nitrogens is 3. The number of ether oxygens (including phenoxy) is 2. The molecule has 0 aliphatic carbocycles. The lowest BCUT2D eigenvalue weighted by molar-refractivity contribution is -0.349. The van der Waals surface area contributed by atoms with E-state index in [0.29, 0.717) is 22.5 Å². The van der Waals surface area contributed by atoms with Crippen molar-refractivity contribution in [3.63, 3.8) is 0 Å². The molecule has 7 heteroatoms. The number of aromatic amines is 1. The largest absolute Gasteiger partial charge is 0.454 e. The number of hydrogen-bond donors (Lipinski definition) is 0. The topological polar surface area (TPSA) is 76.6 Å². The number of pyridine rings is 1. The number of nitrogens with zero attached hydrogens (tertiary/aromatic N) is 2. The normalized spacial score (nSPS) is 12.8. The Balaban J connectivity index is 2.09. The Morgan fingerprint density at radius 3 is 2.65 bits per heavy atom. The average Bonchev–Trinajstić information content (AvgIpc) is 3.05. The van der Waals surface area contributed by atoms with Gasteiger partial charge in [0.25, 0.3) is 11.2 Å². The predicted octanol–water partition coefficient (Wildman–Crippen LogP) is 0.447. The van der Waals surface area contributed by atoms with Crippen LogP contribution in [-0.4, -0.2) is 15.9 Å². The molecule has 0 saturated carbocycles. The summed E-state index contributed by atoms with van der Waals surface area (Å²) >= 11 is 0. The summed E-state index contributed by atoms with van der Waals surface area (Å²) in [4.78, 5) is 27.7. The minimum absolute atomic E-state index is 0.193. The van der Waals surface area contributed by atoms with Gasteiger partial charge in [0.05, 0.1) is 13.2 Å². The van der Waals surface area contributed by atoms with E-state index in [0.717, 1.165) is 15.7 Å². The molecule has 23 heavy (non-hydrogen) atoms. The van der Waals surface area contributed by atoms with E-state index in [1.54, 1.807) is 13.2 Å². The van der Waals surface area contributed by atoms with Crippen molar-refractivity contribution < 1.29 is 14.5 Å². The lowest BCUT2D eigenvalue weighted by Crippen LogP contribution is -2.39. The highest BCUT2D eigenvalue weighted by Crippen LogP contribution is 2.36. The molecule has 0 bridgehead atoms. The molecule has 0 atom stereocenters. The van der Waals surface area contributed by atoms with Crippen molar-refractivity contribution in [1.82, 2.24) is 9.13 Å². The van der Waals surface area contributed by atoms with E-state index < -0.39 is 0 Å². The van der Waals surface area contributed by atoms with Crippen molar-refractivity contribution in [1.29, 1.82) is 0 Å². The maximum absolute atomic E-state index is 12.6. The molecule has 0 saturated heterocycles. The van der Waals surface area contributed by atoms with Crippen LogP contribution in [0.1, 0.15) is 0 Å². The van der Waals surface area contributed by atoms with E-state index in [1.165, 1.54) is 11.6 Å². The maximum atomic E-state index is 12.6. The first-order chi connectivity index (χ1) is 11.1. The van der Waals surface area contributed by atoms with Gasteiger partial charge in [-0.15, -0.1) is 0 Å². The molecule has 0 spiro atoms. The minimum Gasteiger partial charge on any atom is -0.454 e. The fourth-order valence-corrected chi connectivity index (χ4v) is 2.85. The van der Waals surface area contributed by atoms with E-state index in [9.17, 15) is 9.59 Å². The second-order valence-corrected chi connectivity index (χ2v) is 5.39. The summed E-state index contributed by atoms with van der Waals surface area (Å²) in [6.45, 7) is 0.193. The molecular weight excluding hydrogens is 298 g/mol. The molecule has 0 radical (unpaired) electrons. The standard InChI is InChI=1S/C16H13N3O4/c1-18-14-13(15(20)19(2)16(18)21)10(5-6-17-14)9-3-4-11-12(7-9)23-8-22-11/h3-7H,8H2,1-2H3/p+1. The van der Waals surface area contributed by atoms with Crippen LogP contribution in [0.2, 0.25) is 0 Å². The van der Waals surface area contributed by atoms with Crippen LogP contribution in [0.4, 0.5) is 0 Å². The van der Waals surface area contributed by atoms with Crippen molar-refractivity contribution in [2.24, 2.45) is 14.1 Å². The van der Waals surface area contributed by atoms with Gasteiger partial charge in [-0.1, -0.05) is 6.07 Å². The zero-order chi connectivity index (χ0) is 16.1. The summed E-state index contributed by atoms with van der Waals surface area (Å²) in [5.41, 5.74) is 1.32. The number of rotatable bonds is 1. The number of benzene rings is 1. The summed E-state index contributed by atoms with van der Waals surface area (Å²) in [7, 11) is 3.10. The molecule has 3 aromatic rings. The van der Waals surface area contributed by atoms with E-state index in [4.69, 9.17) is 9.47 Å². The Bertz CT molecular complexity index is 1070. The summed E-state index contributed by atoms with van der Waals surface area (Å²) in [6, 6.07) is 7.33. The van der Waals surface area contributed by atoms with Crippen LogP contribution in [0.5, 0.6) is 11.5 Å². The van der Waals surface area contributed by atoms with Gasteiger partial charge in [0.15, 0.2) is 11.5 Å². The molecule has 0 fully saturated rings. The van der Waals surface area contributed by atoms with Crippen molar-refractivity contribution in [3.05, 3.63) is 51.3 Å². The Kier molecular flexibility index (Phi) is 2.77. The monoisotopic (exact) mass is 312 g/mol. The number of hydrogen-bond acceptors (Lipinski definition) is 4. The van der Waals surface area contributed by atoms with Gasteiger partial charge < -0.3 is 9.47 Å². The Labute approximate surface area is 130 Å². The van der Waals surface area contributed by atoms with Gasteiger partial charge in [-0.2, -0.15) is 4.57 Å². The van der Waals surface area contributed by atoms with Crippen LogP contribution in [0, 0.1) is 0 Å². The van der Waals surface area contributed by atoms with Crippen LogP contribution in [0.25, 0.3) is 22.2 Å². The first-order valence-corrected chi connectivity index (χ1v) is 7.08. The number of nitrogens with one attached hydrogen (secondary N) is 1. The van der Waals surface area contributed by atoms with E-state index >= 15 is 0 Å². The average molecular weight is 312 g/mol. The van der Waals surface area contributed by atoms with Gasteiger partial charge in [0, 0.05) is 12.6 Å². The Hall–Kier alpha value is -3.09. The fraction of sp³-hybridized carbons (Fsp3) is 0.188. The third-order valence-corrected chi connectivity index (χ3v) is 4.09. The quantitative estimate of drug-likeness (QED) is 0.653. The number of fused-ring (bicyclic) bond motifs is 2. The smallest absolute Gasteiger partial charge is 0.417 e. The predicted molar refractivity (Wildman–Crippen MR) is 82.5 cm³/mol. The van der Waals surface area contributed by atoms with Gasteiger partial charge in [-0.25, -0.2) is 14.3 Å². The lowest BCUT2D eigenvalue weighted by Gasteiger charge is -2.07. The van der Waals surface area contributed by atoms with Crippen LogP contribution in [0.15, 0.2) is 40.1 Å². The number of H-pyrrole nitrogens is 1. The lowest BCUT2D eigenvalue weighted by atomic mass is 10.0. The van der Waals surface area contributed by atoms with E-state index in [1.807, 2.05) is 24.3 Å². The zero-order valence-electron chi connectivity index (χ0n) is 12.6. The molecule has 0 unspecified atom stereocenters. The molecule has 3 heterocycles. The summed E-state index contributed by atoms with van der Waals surface area (Å²) < 4.78 is 13.2. The van der Waals surface area contributed by atoms with Gasteiger partial charge in [-0.3, -0.25) is 4.79 Å². The molecule has 2 aromatic heterocycles. The first kappa shape index (κ1) is 13.6. The molecule has 1 aliphatic rings. The Morgan fingerprint density at radius 1 is 1.04 bits per heavy atom. The minimum atomic E-state index is -0.374. The van der Waals surface area contributed by atoms with Crippen molar-refractivity contribution in [3.8, 4) is 22.6 Å². The molecule has 1 aliphatic heterocycles. The number of aryl methyl sites for hydroxylation is 1. The Morgan fingerprint density at radius 2 is 1.83 bits per heavy atom. The van der Waals surface area contributed by atoms with Crippen LogP contribution in [0.3, 0.4) is 0 Å². The second kappa shape index (κ2) is 4.70.